The Morgan fingerprint density at radius 3 is 2.43 bits per heavy atom. The molecule has 2 aromatic rings. The van der Waals surface area contributed by atoms with Gasteiger partial charge in [-0.15, -0.1) is 0 Å². The molecular weight excluding hydrogens is 546 g/mol. The zero-order valence-electron chi connectivity index (χ0n) is 19.0. The molecule has 0 amide bonds. The Kier molecular flexibility index (Phi) is 7.97. The number of piperidine rings is 1. The quantitative estimate of drug-likeness (QED) is 0.445. The van der Waals surface area contributed by atoms with Crippen LogP contribution >= 0.6 is 46.6 Å². The molecule has 2 atom stereocenters. The van der Waals surface area contributed by atoms with Crippen molar-refractivity contribution in [1.29, 1.82) is 0 Å². The van der Waals surface area contributed by atoms with Crippen LogP contribution in [0.5, 0.6) is 5.75 Å². The number of methoxy groups -OCH3 is 1. The van der Waals surface area contributed by atoms with E-state index in [-0.39, 0.29) is 34.7 Å². The molecule has 0 bridgehead atoms. The van der Waals surface area contributed by atoms with Crippen LogP contribution in [0, 0.1) is 12.8 Å². The van der Waals surface area contributed by atoms with Gasteiger partial charge in [0.15, 0.2) is 5.69 Å². The second kappa shape index (κ2) is 10.5. The lowest BCUT2D eigenvalue weighted by atomic mass is 9.88. The predicted molar refractivity (Wildman–Crippen MR) is 135 cm³/mol. The standard InChI is InChI=1S/C22H25Cl3F3N5OS/c1-12-19(25)20(22(26,27)28)30-33(12)11-17(32-7-8-35-21(32)29)13-3-5-31(6-4-13)16-10-18(34-2)15(24)9-14(16)23/h7-10,13,17,21H,3-6,11,29H2,1-2H3. The molecule has 1 saturated heterocycles. The van der Waals surface area contributed by atoms with Crippen molar-refractivity contribution in [3.63, 3.8) is 0 Å². The number of hydrogen-bond acceptors (Lipinski definition) is 6. The highest BCUT2D eigenvalue weighted by molar-refractivity contribution is 8.02. The van der Waals surface area contributed by atoms with Gasteiger partial charge in [-0.05, 0) is 37.2 Å². The first kappa shape index (κ1) is 26.6. The lowest BCUT2D eigenvalue weighted by Gasteiger charge is -2.42. The van der Waals surface area contributed by atoms with E-state index < -0.39 is 11.9 Å². The third-order valence-electron chi connectivity index (χ3n) is 6.54. The van der Waals surface area contributed by atoms with Crippen molar-refractivity contribution in [3.8, 4) is 5.75 Å². The van der Waals surface area contributed by atoms with Crippen LogP contribution in [0.15, 0.2) is 23.7 Å². The molecular formula is C22H25Cl3F3N5OS. The van der Waals surface area contributed by atoms with E-state index in [9.17, 15) is 13.2 Å². The lowest BCUT2D eigenvalue weighted by molar-refractivity contribution is -0.141. The molecule has 1 aromatic heterocycles. The topological polar surface area (TPSA) is 59.5 Å². The van der Waals surface area contributed by atoms with E-state index in [1.54, 1.807) is 20.1 Å². The van der Waals surface area contributed by atoms with E-state index in [2.05, 4.69) is 10.00 Å². The van der Waals surface area contributed by atoms with Gasteiger partial charge in [-0.25, -0.2) is 0 Å². The number of alkyl halides is 3. The van der Waals surface area contributed by atoms with Crippen LogP contribution in [0.2, 0.25) is 15.1 Å². The molecule has 1 fully saturated rings. The fourth-order valence-corrected chi connectivity index (χ4v) is 6.19. The third kappa shape index (κ3) is 5.46. The summed E-state index contributed by atoms with van der Waals surface area (Å²) in [5.41, 5.74) is 6.04. The van der Waals surface area contributed by atoms with Gasteiger partial charge in [-0.2, -0.15) is 18.3 Å². The second-order valence-electron chi connectivity index (χ2n) is 8.52. The summed E-state index contributed by atoms with van der Waals surface area (Å²) in [5.74, 6) is 0.702. The normalized spacial score (nSPS) is 20.1. The Labute approximate surface area is 221 Å². The monoisotopic (exact) mass is 569 g/mol. The van der Waals surface area contributed by atoms with Crippen molar-refractivity contribution in [1.82, 2.24) is 14.7 Å². The van der Waals surface area contributed by atoms with Crippen LogP contribution in [0.1, 0.15) is 24.2 Å². The number of benzene rings is 1. The van der Waals surface area contributed by atoms with Gasteiger partial charge in [0.2, 0.25) is 0 Å². The molecule has 6 nitrogen and oxygen atoms in total. The van der Waals surface area contributed by atoms with Gasteiger partial charge in [-0.3, -0.25) is 4.68 Å². The number of rotatable bonds is 6. The average molecular weight is 571 g/mol. The molecule has 0 spiro atoms. The van der Waals surface area contributed by atoms with Gasteiger partial charge in [0.25, 0.3) is 0 Å². The largest absolute Gasteiger partial charge is 0.495 e. The molecule has 2 N–H and O–H groups in total. The van der Waals surface area contributed by atoms with Crippen LogP contribution in [0.25, 0.3) is 0 Å². The number of ether oxygens (including phenoxy) is 1. The predicted octanol–water partition coefficient (Wildman–Crippen LogP) is 6.23. The molecule has 4 rings (SSSR count). The Morgan fingerprint density at radius 1 is 1.20 bits per heavy atom. The summed E-state index contributed by atoms with van der Waals surface area (Å²) in [7, 11) is 1.55. The van der Waals surface area contributed by atoms with E-state index in [0.717, 1.165) is 18.5 Å². The summed E-state index contributed by atoms with van der Waals surface area (Å²) < 4.78 is 46.8. The zero-order chi connectivity index (χ0) is 25.5. The first-order valence-corrected chi connectivity index (χ1v) is 13.0. The van der Waals surface area contributed by atoms with Gasteiger partial charge in [-0.1, -0.05) is 46.6 Å². The molecule has 192 valence electrons. The second-order valence-corrected chi connectivity index (χ2v) is 10.7. The zero-order valence-corrected chi connectivity index (χ0v) is 22.1. The maximum absolute atomic E-state index is 13.4. The minimum absolute atomic E-state index is 0.158. The summed E-state index contributed by atoms with van der Waals surface area (Å²) in [6, 6.07) is 3.33. The van der Waals surface area contributed by atoms with Crippen LogP contribution in [0.3, 0.4) is 0 Å². The molecule has 2 aliphatic rings. The summed E-state index contributed by atoms with van der Waals surface area (Å²) in [6.45, 7) is 3.20. The molecule has 35 heavy (non-hydrogen) atoms. The Bertz CT molecular complexity index is 1100. The molecule has 13 heteroatoms. The molecule has 0 radical (unpaired) electrons. The highest BCUT2D eigenvalue weighted by Gasteiger charge is 2.40. The minimum atomic E-state index is -4.62. The van der Waals surface area contributed by atoms with Gasteiger partial charge >= 0.3 is 6.18 Å². The van der Waals surface area contributed by atoms with Gasteiger partial charge in [0, 0.05) is 25.4 Å². The number of nitrogens with zero attached hydrogens (tertiary/aromatic N) is 4. The van der Waals surface area contributed by atoms with Gasteiger partial charge in [0.1, 0.15) is 11.2 Å². The Morgan fingerprint density at radius 2 is 1.89 bits per heavy atom. The molecule has 2 aliphatic heterocycles. The average Bonchev–Trinajstić information content (AvgIpc) is 3.35. The van der Waals surface area contributed by atoms with Crippen LogP contribution in [0.4, 0.5) is 18.9 Å². The van der Waals surface area contributed by atoms with Crippen molar-refractivity contribution in [2.24, 2.45) is 11.7 Å². The Balaban J connectivity index is 1.56. The van der Waals surface area contributed by atoms with Crippen LogP contribution in [-0.2, 0) is 12.7 Å². The maximum atomic E-state index is 13.4. The van der Waals surface area contributed by atoms with E-state index >= 15 is 0 Å². The number of thioether (sulfide) groups is 1. The molecule has 0 saturated carbocycles. The van der Waals surface area contributed by atoms with Gasteiger partial charge in [0.05, 0.1) is 46.1 Å². The van der Waals surface area contributed by atoms with Crippen molar-refractivity contribution >= 4 is 52.3 Å². The first-order chi connectivity index (χ1) is 16.5. The van der Waals surface area contributed by atoms with E-state index in [1.165, 1.54) is 16.4 Å². The maximum Gasteiger partial charge on any atom is 0.436 e. The summed E-state index contributed by atoms with van der Waals surface area (Å²) in [6.07, 6.45) is -1.15. The lowest BCUT2D eigenvalue weighted by Crippen LogP contribution is -2.50. The van der Waals surface area contributed by atoms with Crippen LogP contribution < -0.4 is 15.4 Å². The summed E-state index contributed by atoms with van der Waals surface area (Å²) in [4.78, 5) is 4.17. The minimum Gasteiger partial charge on any atom is -0.495 e. The van der Waals surface area contributed by atoms with Crippen molar-refractivity contribution in [3.05, 3.63) is 50.2 Å². The van der Waals surface area contributed by atoms with E-state index in [4.69, 9.17) is 45.3 Å². The molecule has 0 aliphatic carbocycles. The fraction of sp³-hybridized carbons (Fsp3) is 0.500. The number of aromatic nitrogens is 2. The molecule has 2 unspecified atom stereocenters. The van der Waals surface area contributed by atoms with Crippen molar-refractivity contribution in [2.75, 3.05) is 25.1 Å². The fourth-order valence-electron chi connectivity index (χ4n) is 4.63. The number of anilines is 1. The number of halogens is 6. The van der Waals surface area contributed by atoms with Gasteiger partial charge < -0.3 is 20.3 Å². The van der Waals surface area contributed by atoms with E-state index in [1.807, 2.05) is 22.6 Å². The molecule has 3 heterocycles. The summed E-state index contributed by atoms with van der Waals surface area (Å²) in [5, 5.41) is 6.33. The smallest absolute Gasteiger partial charge is 0.436 e. The van der Waals surface area contributed by atoms with E-state index in [0.29, 0.717) is 28.9 Å². The summed E-state index contributed by atoms with van der Waals surface area (Å²) >= 11 is 20.1. The molecule has 1 aromatic carbocycles. The SMILES string of the molecule is COc1cc(N2CCC(C(Cn3nc(C(F)(F)F)c(Cl)c3C)N3C=CSC3N)CC2)c(Cl)cc1Cl. The highest BCUT2D eigenvalue weighted by atomic mass is 35.5. The number of hydrogen-bond donors (Lipinski definition) is 1. The Hall–Kier alpha value is -1.46. The highest BCUT2D eigenvalue weighted by Crippen LogP contribution is 2.40. The first-order valence-electron chi connectivity index (χ1n) is 10.9. The van der Waals surface area contributed by atoms with Crippen molar-refractivity contribution in [2.45, 2.75) is 44.0 Å². The third-order valence-corrected chi connectivity index (χ3v) is 8.39. The van der Waals surface area contributed by atoms with Crippen molar-refractivity contribution < 1.29 is 17.9 Å². The van der Waals surface area contributed by atoms with Crippen LogP contribution in [-0.4, -0.2) is 46.4 Å². The number of nitrogens with two attached hydrogens (primary N) is 1.